The minimum Gasteiger partial charge on any atom is -0.294 e. The van der Waals surface area contributed by atoms with Gasteiger partial charge in [0.1, 0.15) is 0 Å². The molecule has 88 valence electrons. The molecule has 0 aliphatic heterocycles. The molecule has 0 saturated heterocycles. The van der Waals surface area contributed by atoms with E-state index in [4.69, 9.17) is 11.6 Å². The van der Waals surface area contributed by atoms with Crippen LogP contribution in [0, 0.1) is 13.8 Å². The molecule has 0 saturated carbocycles. The van der Waals surface area contributed by atoms with Crippen molar-refractivity contribution >= 4 is 17.4 Å². The topological polar surface area (TPSA) is 34.9 Å². The summed E-state index contributed by atoms with van der Waals surface area (Å²) in [6.45, 7) is 5.26. The molecular formula is C13H13ClN2O. The summed E-state index contributed by atoms with van der Waals surface area (Å²) >= 11 is 6.13. The van der Waals surface area contributed by atoms with E-state index in [9.17, 15) is 4.79 Å². The number of hydrogen-bond donors (Lipinski definition) is 0. The molecule has 0 aliphatic rings. The molecule has 0 fully saturated rings. The number of nitrogens with zero attached hydrogens (tertiary/aromatic N) is 2. The van der Waals surface area contributed by atoms with Crippen LogP contribution in [0.4, 0.5) is 0 Å². The lowest BCUT2D eigenvalue weighted by molar-refractivity contribution is 0.101. The van der Waals surface area contributed by atoms with E-state index in [0.29, 0.717) is 10.6 Å². The number of para-hydroxylation sites is 1. The van der Waals surface area contributed by atoms with Gasteiger partial charge in [0, 0.05) is 0 Å². The van der Waals surface area contributed by atoms with E-state index in [1.165, 1.54) is 0 Å². The van der Waals surface area contributed by atoms with Crippen LogP contribution in [-0.2, 0) is 0 Å². The molecule has 0 aliphatic carbocycles. The first-order valence-corrected chi connectivity index (χ1v) is 5.72. The van der Waals surface area contributed by atoms with Crippen LogP contribution in [-0.4, -0.2) is 15.6 Å². The van der Waals surface area contributed by atoms with E-state index in [1.807, 2.05) is 32.0 Å². The Kier molecular flexibility index (Phi) is 3.03. The minimum atomic E-state index is 0.0262. The normalized spacial score (nSPS) is 10.6. The first kappa shape index (κ1) is 11.9. The lowest BCUT2D eigenvalue weighted by atomic mass is 10.1. The first-order valence-electron chi connectivity index (χ1n) is 5.34. The summed E-state index contributed by atoms with van der Waals surface area (Å²) in [6.07, 6.45) is 0. The van der Waals surface area contributed by atoms with Crippen LogP contribution in [0.2, 0.25) is 5.02 Å². The maximum Gasteiger partial charge on any atom is 0.163 e. The maximum absolute atomic E-state index is 11.5. The van der Waals surface area contributed by atoms with Gasteiger partial charge in [-0.05, 0) is 32.9 Å². The largest absolute Gasteiger partial charge is 0.294 e. The zero-order valence-corrected chi connectivity index (χ0v) is 10.7. The van der Waals surface area contributed by atoms with Gasteiger partial charge in [0.05, 0.1) is 27.7 Å². The Morgan fingerprint density at radius 3 is 2.47 bits per heavy atom. The van der Waals surface area contributed by atoms with Crippen LogP contribution in [0.1, 0.15) is 28.7 Å². The number of aromatic nitrogens is 2. The molecule has 0 bridgehead atoms. The molecule has 0 atom stereocenters. The number of ketones is 1. The van der Waals surface area contributed by atoms with Gasteiger partial charge in [-0.15, -0.1) is 0 Å². The summed E-state index contributed by atoms with van der Waals surface area (Å²) in [7, 11) is 0. The van der Waals surface area contributed by atoms with Crippen LogP contribution in [0.3, 0.4) is 0 Å². The average molecular weight is 249 g/mol. The van der Waals surface area contributed by atoms with Gasteiger partial charge in [0.25, 0.3) is 0 Å². The Morgan fingerprint density at radius 1 is 1.29 bits per heavy atom. The van der Waals surface area contributed by atoms with Crippen molar-refractivity contribution in [3.8, 4) is 5.69 Å². The SMILES string of the molecule is CC(=O)c1c(C)nn(-c2ccccc2Cl)c1C. The average Bonchev–Trinajstić information content (AvgIpc) is 2.55. The maximum atomic E-state index is 11.5. The van der Waals surface area contributed by atoms with E-state index in [1.54, 1.807) is 17.7 Å². The molecule has 17 heavy (non-hydrogen) atoms. The van der Waals surface area contributed by atoms with Crippen molar-refractivity contribution in [3.63, 3.8) is 0 Å². The molecule has 0 spiro atoms. The number of rotatable bonds is 2. The van der Waals surface area contributed by atoms with E-state index >= 15 is 0 Å². The van der Waals surface area contributed by atoms with Gasteiger partial charge in [0.2, 0.25) is 0 Å². The zero-order valence-electron chi connectivity index (χ0n) is 9.99. The Morgan fingerprint density at radius 2 is 1.94 bits per heavy atom. The summed E-state index contributed by atoms with van der Waals surface area (Å²) in [5.41, 5.74) is 3.02. The standard InChI is InChI=1S/C13H13ClN2O/c1-8-13(10(3)17)9(2)16(15-8)12-7-5-4-6-11(12)14/h4-7H,1-3H3. The summed E-state index contributed by atoms with van der Waals surface area (Å²) < 4.78 is 1.72. The van der Waals surface area contributed by atoms with Crippen LogP contribution < -0.4 is 0 Å². The summed E-state index contributed by atoms with van der Waals surface area (Å²) in [4.78, 5) is 11.5. The second-order valence-electron chi connectivity index (χ2n) is 3.97. The van der Waals surface area contributed by atoms with Gasteiger partial charge in [-0.2, -0.15) is 5.10 Å². The molecular weight excluding hydrogens is 236 g/mol. The number of carbonyl (C=O) groups is 1. The highest BCUT2D eigenvalue weighted by molar-refractivity contribution is 6.32. The Bertz CT molecular complexity index is 587. The fourth-order valence-electron chi connectivity index (χ4n) is 2.01. The highest BCUT2D eigenvalue weighted by Gasteiger charge is 2.17. The quantitative estimate of drug-likeness (QED) is 0.764. The predicted molar refractivity (Wildman–Crippen MR) is 68.1 cm³/mol. The number of aryl methyl sites for hydroxylation is 1. The molecule has 2 aromatic rings. The summed E-state index contributed by atoms with van der Waals surface area (Å²) in [5.74, 6) is 0.0262. The molecule has 1 heterocycles. The van der Waals surface area contributed by atoms with Crippen LogP contribution in [0.15, 0.2) is 24.3 Å². The molecule has 2 rings (SSSR count). The van der Waals surface area contributed by atoms with Crippen molar-refractivity contribution < 1.29 is 4.79 Å². The van der Waals surface area contributed by atoms with Crippen molar-refractivity contribution in [2.75, 3.05) is 0 Å². The number of halogens is 1. The fourth-order valence-corrected chi connectivity index (χ4v) is 2.23. The molecule has 0 amide bonds. The van der Waals surface area contributed by atoms with Gasteiger partial charge in [0.15, 0.2) is 5.78 Å². The molecule has 1 aromatic heterocycles. The van der Waals surface area contributed by atoms with Crippen molar-refractivity contribution in [3.05, 3.63) is 46.2 Å². The monoisotopic (exact) mass is 248 g/mol. The summed E-state index contributed by atoms with van der Waals surface area (Å²) in [6, 6.07) is 7.45. The lowest BCUT2D eigenvalue weighted by Crippen LogP contribution is -2.01. The molecule has 0 unspecified atom stereocenters. The molecule has 0 radical (unpaired) electrons. The first-order chi connectivity index (χ1) is 8.02. The number of hydrogen-bond acceptors (Lipinski definition) is 2. The second-order valence-corrected chi connectivity index (χ2v) is 4.37. The highest BCUT2D eigenvalue weighted by atomic mass is 35.5. The van der Waals surface area contributed by atoms with Crippen LogP contribution >= 0.6 is 11.6 Å². The van der Waals surface area contributed by atoms with Gasteiger partial charge in [-0.3, -0.25) is 4.79 Å². The van der Waals surface area contributed by atoms with E-state index in [2.05, 4.69) is 5.10 Å². The third kappa shape index (κ3) is 1.98. The number of benzene rings is 1. The van der Waals surface area contributed by atoms with Gasteiger partial charge < -0.3 is 0 Å². The Labute approximate surface area is 105 Å². The predicted octanol–water partition coefficient (Wildman–Crippen LogP) is 3.35. The van der Waals surface area contributed by atoms with E-state index in [0.717, 1.165) is 17.1 Å². The van der Waals surface area contributed by atoms with Crippen molar-refractivity contribution in [2.24, 2.45) is 0 Å². The fraction of sp³-hybridized carbons (Fsp3) is 0.231. The molecule has 1 aromatic carbocycles. The second kappa shape index (κ2) is 4.34. The van der Waals surface area contributed by atoms with Crippen molar-refractivity contribution in [2.45, 2.75) is 20.8 Å². The van der Waals surface area contributed by atoms with Crippen molar-refractivity contribution in [1.82, 2.24) is 9.78 Å². The number of Topliss-reactive ketones (excluding diaryl/α,β-unsaturated/α-hetero) is 1. The van der Waals surface area contributed by atoms with Crippen LogP contribution in [0.25, 0.3) is 5.69 Å². The Balaban J connectivity index is 2.66. The highest BCUT2D eigenvalue weighted by Crippen LogP contribution is 2.23. The summed E-state index contributed by atoms with van der Waals surface area (Å²) in [5, 5.41) is 4.99. The smallest absolute Gasteiger partial charge is 0.163 e. The van der Waals surface area contributed by atoms with Crippen LogP contribution in [0.5, 0.6) is 0 Å². The molecule has 4 heteroatoms. The Hall–Kier alpha value is -1.61. The van der Waals surface area contributed by atoms with E-state index in [-0.39, 0.29) is 5.78 Å². The zero-order chi connectivity index (χ0) is 12.6. The van der Waals surface area contributed by atoms with Gasteiger partial charge >= 0.3 is 0 Å². The van der Waals surface area contributed by atoms with Gasteiger partial charge in [-0.25, -0.2) is 4.68 Å². The third-order valence-corrected chi connectivity index (χ3v) is 3.04. The number of carbonyl (C=O) groups excluding carboxylic acids is 1. The van der Waals surface area contributed by atoms with E-state index < -0.39 is 0 Å². The third-order valence-electron chi connectivity index (χ3n) is 2.72. The van der Waals surface area contributed by atoms with Crippen molar-refractivity contribution in [1.29, 1.82) is 0 Å². The lowest BCUT2D eigenvalue weighted by Gasteiger charge is -2.06. The van der Waals surface area contributed by atoms with Gasteiger partial charge in [-0.1, -0.05) is 23.7 Å². The molecule has 3 nitrogen and oxygen atoms in total. The minimum absolute atomic E-state index is 0.0262. The molecule has 0 N–H and O–H groups in total.